The first-order valence-corrected chi connectivity index (χ1v) is 13.8. The Labute approximate surface area is 229 Å². The van der Waals surface area contributed by atoms with Crippen LogP contribution in [0.1, 0.15) is 49.9 Å². The van der Waals surface area contributed by atoms with E-state index in [1.807, 2.05) is 18.2 Å². The molecular formula is C29H35ClN6O2. The molecule has 1 aromatic carbocycles. The molecule has 3 aromatic rings. The summed E-state index contributed by atoms with van der Waals surface area (Å²) in [6.45, 7) is 7.62. The minimum absolute atomic E-state index is 0.00905. The minimum atomic E-state index is -0.0562. The monoisotopic (exact) mass is 534 g/mol. The van der Waals surface area contributed by atoms with Gasteiger partial charge in [0.1, 0.15) is 11.6 Å². The molecular weight excluding hydrogens is 500 g/mol. The van der Waals surface area contributed by atoms with Crippen molar-refractivity contribution >= 4 is 35.0 Å². The van der Waals surface area contributed by atoms with Crippen molar-refractivity contribution in [3.05, 3.63) is 59.2 Å². The first-order valence-electron chi connectivity index (χ1n) is 13.5. The van der Waals surface area contributed by atoms with E-state index in [2.05, 4.69) is 51.7 Å². The van der Waals surface area contributed by atoms with Gasteiger partial charge in [-0.3, -0.25) is 4.79 Å². The predicted molar refractivity (Wildman–Crippen MR) is 152 cm³/mol. The molecule has 200 valence electrons. The van der Waals surface area contributed by atoms with E-state index in [4.69, 9.17) is 26.7 Å². The number of hydrogen-bond donors (Lipinski definition) is 1. The fraction of sp³-hybridized carbons (Fsp3) is 0.448. The Kier molecular flexibility index (Phi) is 8.09. The van der Waals surface area contributed by atoms with E-state index in [-0.39, 0.29) is 24.9 Å². The van der Waals surface area contributed by atoms with Crippen molar-refractivity contribution in [1.82, 2.24) is 15.0 Å². The van der Waals surface area contributed by atoms with Crippen LogP contribution in [0, 0.1) is 0 Å². The number of aliphatic hydroxyl groups excluding tert-OH is 1. The number of aliphatic hydroxyl groups is 1. The lowest BCUT2D eigenvalue weighted by Gasteiger charge is -2.41. The number of piperazine rings is 1. The molecule has 8 nitrogen and oxygen atoms in total. The van der Waals surface area contributed by atoms with Gasteiger partial charge < -0.3 is 19.8 Å². The molecule has 38 heavy (non-hydrogen) atoms. The molecule has 2 fully saturated rings. The minimum Gasteiger partial charge on any atom is -0.396 e. The first-order chi connectivity index (χ1) is 18.4. The summed E-state index contributed by atoms with van der Waals surface area (Å²) in [4.78, 5) is 33.8. The number of carbonyl (C=O) groups is 1. The van der Waals surface area contributed by atoms with Crippen molar-refractivity contribution in [3.63, 3.8) is 0 Å². The van der Waals surface area contributed by atoms with Gasteiger partial charge >= 0.3 is 0 Å². The average molecular weight is 535 g/mol. The molecule has 2 aliphatic rings. The Morgan fingerprint density at radius 3 is 2.55 bits per heavy atom. The number of Topliss-reactive ketones (excluding diaryl/α,β-unsaturated/α-hetero) is 1. The maximum absolute atomic E-state index is 12.3. The summed E-state index contributed by atoms with van der Waals surface area (Å²) >= 11 is 6.59. The zero-order chi connectivity index (χ0) is 26.6. The molecule has 0 aliphatic carbocycles. The number of hydrogen-bond acceptors (Lipinski definition) is 8. The third-order valence-electron chi connectivity index (χ3n) is 7.51. The second-order valence-corrected chi connectivity index (χ2v) is 10.6. The van der Waals surface area contributed by atoms with E-state index in [1.54, 1.807) is 12.3 Å². The van der Waals surface area contributed by atoms with Crippen LogP contribution in [0.2, 0.25) is 5.02 Å². The Morgan fingerprint density at radius 2 is 1.87 bits per heavy atom. The molecule has 0 radical (unpaired) electrons. The number of carbonyl (C=O) groups excluding carboxylic acids is 1. The van der Waals surface area contributed by atoms with Gasteiger partial charge in [0.15, 0.2) is 5.78 Å². The average Bonchev–Trinajstić information content (AvgIpc) is 3.37. The molecule has 0 saturated carbocycles. The van der Waals surface area contributed by atoms with Gasteiger partial charge in [-0.05, 0) is 39.2 Å². The number of aromatic nitrogens is 3. The second kappa shape index (κ2) is 11.7. The standard InChI is InChI=1S/C29H35ClN6O2/c1-20-8-6-12-36(20)29-32-25(22-9-4-3-5-10-22)17-27(33-29)35-14-13-34(19-21(35)2)28-24(30)16-23(18-31-28)26(38)11-7-15-37/h3-5,9-10,16-18,20-21,37H,6-8,11-15,19H2,1-2H3/t20-,21-/m1/s1. The number of pyridine rings is 1. The van der Waals surface area contributed by atoms with Crippen LogP contribution in [-0.2, 0) is 0 Å². The fourth-order valence-electron chi connectivity index (χ4n) is 5.37. The van der Waals surface area contributed by atoms with Crippen molar-refractivity contribution in [1.29, 1.82) is 0 Å². The van der Waals surface area contributed by atoms with Gasteiger partial charge in [0.2, 0.25) is 5.95 Å². The SMILES string of the molecule is C[C@@H]1CN(c2ncc(C(=O)CCCO)cc2Cl)CCN1c1cc(-c2ccccc2)nc(N2CCC[C@H]2C)n1. The Balaban J connectivity index is 1.37. The van der Waals surface area contributed by atoms with E-state index < -0.39 is 0 Å². The molecule has 9 heteroatoms. The van der Waals surface area contributed by atoms with Gasteiger partial charge in [-0.25, -0.2) is 9.97 Å². The summed E-state index contributed by atoms with van der Waals surface area (Å²) in [7, 11) is 0. The molecule has 0 spiro atoms. The Hall–Kier alpha value is -3.23. The van der Waals surface area contributed by atoms with Gasteiger partial charge in [0.05, 0.1) is 10.7 Å². The number of anilines is 3. The van der Waals surface area contributed by atoms with E-state index in [0.717, 1.165) is 62.0 Å². The number of nitrogens with zero attached hydrogens (tertiary/aromatic N) is 6. The fourth-order valence-corrected chi connectivity index (χ4v) is 5.66. The molecule has 2 aromatic heterocycles. The van der Waals surface area contributed by atoms with Gasteiger partial charge in [0.25, 0.3) is 0 Å². The summed E-state index contributed by atoms with van der Waals surface area (Å²) in [5.74, 6) is 2.37. The van der Waals surface area contributed by atoms with Crippen LogP contribution >= 0.6 is 11.6 Å². The maximum Gasteiger partial charge on any atom is 0.228 e. The first kappa shape index (κ1) is 26.4. The number of benzene rings is 1. The van der Waals surface area contributed by atoms with Gasteiger partial charge in [-0.1, -0.05) is 41.9 Å². The summed E-state index contributed by atoms with van der Waals surface area (Å²) in [5.41, 5.74) is 2.50. The lowest BCUT2D eigenvalue weighted by atomic mass is 10.1. The van der Waals surface area contributed by atoms with Gasteiger partial charge in [0, 0.05) is 74.7 Å². The van der Waals surface area contributed by atoms with Crippen LogP contribution < -0.4 is 14.7 Å². The molecule has 4 heterocycles. The lowest BCUT2D eigenvalue weighted by Crippen LogP contribution is -2.52. The highest BCUT2D eigenvalue weighted by Gasteiger charge is 2.29. The molecule has 0 amide bonds. The van der Waals surface area contributed by atoms with Crippen molar-refractivity contribution in [2.24, 2.45) is 0 Å². The largest absolute Gasteiger partial charge is 0.396 e. The van der Waals surface area contributed by atoms with Gasteiger partial charge in [-0.15, -0.1) is 0 Å². The number of ketones is 1. The van der Waals surface area contributed by atoms with Crippen LogP contribution in [0.25, 0.3) is 11.3 Å². The highest BCUT2D eigenvalue weighted by atomic mass is 35.5. The zero-order valence-corrected chi connectivity index (χ0v) is 22.8. The molecule has 2 aliphatic heterocycles. The molecule has 0 unspecified atom stereocenters. The molecule has 2 saturated heterocycles. The number of halogens is 1. The quantitative estimate of drug-likeness (QED) is 0.410. The lowest BCUT2D eigenvalue weighted by molar-refractivity contribution is 0.0971. The van der Waals surface area contributed by atoms with E-state index in [0.29, 0.717) is 28.9 Å². The summed E-state index contributed by atoms with van der Waals surface area (Å²) in [6, 6.07) is 14.7. The van der Waals surface area contributed by atoms with Crippen molar-refractivity contribution in [2.45, 2.75) is 51.6 Å². The molecule has 5 rings (SSSR count). The van der Waals surface area contributed by atoms with E-state index in [1.165, 1.54) is 0 Å². The smallest absolute Gasteiger partial charge is 0.228 e. The topological polar surface area (TPSA) is 85.7 Å². The predicted octanol–water partition coefficient (Wildman–Crippen LogP) is 4.85. The van der Waals surface area contributed by atoms with Crippen LogP contribution in [0.3, 0.4) is 0 Å². The van der Waals surface area contributed by atoms with Crippen molar-refractivity contribution < 1.29 is 9.90 Å². The van der Waals surface area contributed by atoms with Crippen LogP contribution in [0.4, 0.5) is 17.6 Å². The van der Waals surface area contributed by atoms with Crippen LogP contribution in [0.15, 0.2) is 48.7 Å². The highest BCUT2D eigenvalue weighted by molar-refractivity contribution is 6.33. The third kappa shape index (κ3) is 5.61. The summed E-state index contributed by atoms with van der Waals surface area (Å²) < 4.78 is 0. The van der Waals surface area contributed by atoms with E-state index >= 15 is 0 Å². The molecule has 2 atom stereocenters. The van der Waals surface area contributed by atoms with Crippen LogP contribution in [-0.4, -0.2) is 70.7 Å². The summed E-state index contributed by atoms with van der Waals surface area (Å²) in [6.07, 6.45) is 4.63. The Morgan fingerprint density at radius 1 is 1.05 bits per heavy atom. The van der Waals surface area contributed by atoms with Crippen molar-refractivity contribution in [3.8, 4) is 11.3 Å². The zero-order valence-electron chi connectivity index (χ0n) is 22.1. The van der Waals surface area contributed by atoms with Gasteiger partial charge in [-0.2, -0.15) is 4.98 Å². The van der Waals surface area contributed by atoms with Crippen molar-refractivity contribution in [2.75, 3.05) is 47.5 Å². The molecule has 0 bridgehead atoms. The third-order valence-corrected chi connectivity index (χ3v) is 7.79. The highest BCUT2D eigenvalue weighted by Crippen LogP contribution is 2.32. The number of rotatable bonds is 8. The summed E-state index contributed by atoms with van der Waals surface area (Å²) in [5, 5.41) is 9.47. The maximum atomic E-state index is 12.3. The van der Waals surface area contributed by atoms with Crippen LogP contribution in [0.5, 0.6) is 0 Å². The normalized spacial score (nSPS) is 19.7. The second-order valence-electron chi connectivity index (χ2n) is 10.2. The Bertz CT molecular complexity index is 1270. The molecule has 1 N–H and O–H groups in total. The van der Waals surface area contributed by atoms with E-state index in [9.17, 15) is 4.79 Å².